The van der Waals surface area contributed by atoms with Crippen molar-refractivity contribution in [2.75, 3.05) is 19.5 Å². The van der Waals surface area contributed by atoms with Gasteiger partial charge in [-0.25, -0.2) is 0 Å². The Morgan fingerprint density at radius 3 is 2.69 bits per heavy atom. The van der Waals surface area contributed by atoms with E-state index in [9.17, 15) is 9.59 Å². The second-order valence-corrected chi connectivity index (χ2v) is 7.55. The zero-order valence-electron chi connectivity index (χ0n) is 18.2. The molecule has 0 unspecified atom stereocenters. The van der Waals surface area contributed by atoms with E-state index in [0.29, 0.717) is 42.3 Å². The van der Waals surface area contributed by atoms with Crippen molar-refractivity contribution < 1.29 is 19.1 Å². The molecule has 1 aromatic heterocycles. The fraction of sp³-hybridized carbons (Fsp3) is 0.304. The van der Waals surface area contributed by atoms with Gasteiger partial charge in [-0.2, -0.15) is 4.98 Å². The molecule has 2 N–H and O–H groups in total. The monoisotopic (exact) mass is 435 g/mol. The number of carbonyl (C=O) groups is 2. The fourth-order valence-electron chi connectivity index (χ4n) is 3.71. The van der Waals surface area contributed by atoms with Crippen LogP contribution in [0.25, 0.3) is 0 Å². The summed E-state index contributed by atoms with van der Waals surface area (Å²) in [5, 5.41) is 9.63. The first-order valence-corrected chi connectivity index (χ1v) is 10.3. The van der Waals surface area contributed by atoms with E-state index in [1.54, 1.807) is 32.1 Å². The lowest BCUT2D eigenvalue weighted by Crippen LogP contribution is -2.42. The normalized spacial score (nSPS) is 13.6. The van der Waals surface area contributed by atoms with Crippen LogP contribution in [0.1, 0.15) is 34.2 Å². The first-order valence-electron chi connectivity index (χ1n) is 10.3. The minimum absolute atomic E-state index is 0.145. The van der Waals surface area contributed by atoms with Crippen molar-refractivity contribution in [3.63, 3.8) is 0 Å². The molecule has 1 aliphatic rings. The smallest absolute Gasteiger partial charge is 0.255 e. The van der Waals surface area contributed by atoms with Gasteiger partial charge in [0.05, 0.1) is 14.2 Å². The molecule has 3 aromatic rings. The Balaban J connectivity index is 1.34. The maximum absolute atomic E-state index is 12.7. The Morgan fingerprint density at radius 2 is 1.94 bits per heavy atom. The molecular weight excluding hydrogens is 410 g/mol. The molecule has 32 heavy (non-hydrogen) atoms. The predicted octanol–water partition coefficient (Wildman–Crippen LogP) is 2.59. The first kappa shape index (κ1) is 21.4. The number of fused-ring (bicyclic) bond motifs is 1. The number of hydrogen-bond donors (Lipinski definition) is 2. The van der Waals surface area contributed by atoms with Crippen LogP contribution < -0.4 is 14.8 Å². The number of aryl methyl sites for hydroxylation is 2. The molecule has 0 radical (unpaired) electrons. The van der Waals surface area contributed by atoms with E-state index in [1.165, 1.54) is 0 Å². The molecule has 0 saturated heterocycles. The average molecular weight is 435 g/mol. The van der Waals surface area contributed by atoms with Crippen LogP contribution in [0.5, 0.6) is 11.5 Å². The lowest BCUT2D eigenvalue weighted by Gasteiger charge is -2.22. The minimum atomic E-state index is -0.649. The van der Waals surface area contributed by atoms with Gasteiger partial charge in [-0.1, -0.05) is 24.3 Å². The summed E-state index contributed by atoms with van der Waals surface area (Å²) in [5.74, 6) is 1.70. The molecule has 4 rings (SSSR count). The van der Waals surface area contributed by atoms with Gasteiger partial charge in [-0.15, -0.1) is 5.10 Å². The number of nitrogens with zero attached hydrogens (tertiary/aromatic N) is 3. The van der Waals surface area contributed by atoms with E-state index in [4.69, 9.17) is 9.47 Å². The second-order valence-electron chi connectivity index (χ2n) is 7.55. The first-order chi connectivity index (χ1) is 15.5. The van der Waals surface area contributed by atoms with Crippen LogP contribution in [0, 0.1) is 0 Å². The summed E-state index contributed by atoms with van der Waals surface area (Å²) in [5.41, 5.74) is 2.63. The van der Waals surface area contributed by atoms with Crippen LogP contribution in [0.3, 0.4) is 0 Å². The van der Waals surface area contributed by atoms with Gasteiger partial charge in [0.2, 0.25) is 11.9 Å². The van der Waals surface area contributed by atoms with Crippen molar-refractivity contribution in [1.29, 1.82) is 0 Å². The maximum atomic E-state index is 12.7. The molecule has 0 spiro atoms. The molecular formula is C23H25N5O4. The van der Waals surface area contributed by atoms with Crippen LogP contribution in [0.15, 0.2) is 42.5 Å². The van der Waals surface area contributed by atoms with Crippen molar-refractivity contribution in [2.45, 2.75) is 32.4 Å². The number of benzene rings is 2. The average Bonchev–Trinajstić information content (AvgIpc) is 3.41. The molecule has 2 aromatic carbocycles. The Morgan fingerprint density at radius 1 is 1.16 bits per heavy atom. The number of hydrogen-bond acceptors (Lipinski definition) is 6. The van der Waals surface area contributed by atoms with E-state index >= 15 is 0 Å². The number of ether oxygens (including phenoxy) is 2. The van der Waals surface area contributed by atoms with Crippen LogP contribution in [0.2, 0.25) is 0 Å². The summed E-state index contributed by atoms with van der Waals surface area (Å²) < 4.78 is 10.6. The molecule has 166 valence electrons. The third kappa shape index (κ3) is 4.27. The molecule has 0 saturated carbocycles. The zero-order chi connectivity index (χ0) is 22.7. The second kappa shape index (κ2) is 9.09. The van der Waals surface area contributed by atoms with Crippen LogP contribution in [0.4, 0.5) is 5.95 Å². The SMILES string of the molecule is COc1ccc(CCc2nc(NC(=O)[C@H](C)N3Cc4ccccc4C3=O)n[nH]2)cc1OC. The fourth-order valence-corrected chi connectivity index (χ4v) is 3.71. The van der Waals surface area contributed by atoms with Crippen molar-refractivity contribution >= 4 is 17.8 Å². The van der Waals surface area contributed by atoms with E-state index in [2.05, 4.69) is 20.5 Å². The predicted molar refractivity (Wildman–Crippen MR) is 118 cm³/mol. The van der Waals surface area contributed by atoms with Gasteiger partial charge in [0.25, 0.3) is 5.91 Å². The molecule has 2 amide bonds. The van der Waals surface area contributed by atoms with Gasteiger partial charge in [0.1, 0.15) is 11.9 Å². The summed E-state index contributed by atoms with van der Waals surface area (Å²) in [4.78, 5) is 31.2. The number of amides is 2. The summed E-state index contributed by atoms with van der Waals surface area (Å²) in [6.45, 7) is 2.11. The van der Waals surface area contributed by atoms with Crippen molar-refractivity contribution in [3.8, 4) is 11.5 Å². The van der Waals surface area contributed by atoms with Gasteiger partial charge in [0.15, 0.2) is 11.5 Å². The molecule has 9 nitrogen and oxygen atoms in total. The molecule has 2 heterocycles. The summed E-state index contributed by atoms with van der Waals surface area (Å²) in [6, 6.07) is 12.5. The zero-order valence-corrected chi connectivity index (χ0v) is 18.2. The Kier molecular flexibility index (Phi) is 6.07. The number of aromatic nitrogens is 3. The van der Waals surface area contributed by atoms with E-state index in [0.717, 1.165) is 11.1 Å². The van der Waals surface area contributed by atoms with Crippen LogP contribution in [-0.2, 0) is 24.2 Å². The highest BCUT2D eigenvalue weighted by Gasteiger charge is 2.33. The molecule has 0 fully saturated rings. The number of H-pyrrole nitrogens is 1. The molecule has 0 aliphatic carbocycles. The van der Waals surface area contributed by atoms with Gasteiger partial charge in [-0.05, 0) is 42.7 Å². The highest BCUT2D eigenvalue weighted by atomic mass is 16.5. The number of rotatable bonds is 8. The van der Waals surface area contributed by atoms with Gasteiger partial charge in [-0.3, -0.25) is 20.0 Å². The maximum Gasteiger partial charge on any atom is 0.255 e. The number of carbonyl (C=O) groups excluding carboxylic acids is 2. The quantitative estimate of drug-likeness (QED) is 0.563. The Bertz CT molecular complexity index is 1140. The summed E-state index contributed by atoms with van der Waals surface area (Å²) >= 11 is 0. The van der Waals surface area contributed by atoms with Crippen molar-refractivity contribution in [1.82, 2.24) is 20.1 Å². The highest BCUT2D eigenvalue weighted by molar-refractivity contribution is 6.03. The number of nitrogens with one attached hydrogen (secondary N) is 2. The standard InChI is InChI=1S/C23H25N5O4/c1-14(28-13-16-6-4-5-7-17(16)22(28)30)21(29)25-23-24-20(26-27-23)11-9-15-8-10-18(31-2)19(12-15)32-3/h4-8,10,12,14H,9,11,13H2,1-3H3,(H2,24,25,26,27,29)/t14-/m0/s1. The van der Waals surface area contributed by atoms with E-state index < -0.39 is 6.04 Å². The lowest BCUT2D eigenvalue weighted by atomic mass is 10.1. The van der Waals surface area contributed by atoms with E-state index in [-0.39, 0.29) is 17.8 Å². The lowest BCUT2D eigenvalue weighted by molar-refractivity contribution is -0.120. The highest BCUT2D eigenvalue weighted by Crippen LogP contribution is 2.28. The van der Waals surface area contributed by atoms with Crippen LogP contribution in [-0.4, -0.2) is 52.2 Å². The van der Waals surface area contributed by atoms with Crippen molar-refractivity contribution in [2.24, 2.45) is 0 Å². The van der Waals surface area contributed by atoms with Crippen LogP contribution >= 0.6 is 0 Å². The topological polar surface area (TPSA) is 109 Å². The summed E-state index contributed by atoms with van der Waals surface area (Å²) in [6.07, 6.45) is 1.31. The third-order valence-electron chi connectivity index (χ3n) is 5.56. The molecule has 1 atom stereocenters. The van der Waals surface area contributed by atoms with Crippen molar-refractivity contribution in [3.05, 3.63) is 65.0 Å². The van der Waals surface area contributed by atoms with Gasteiger partial charge >= 0.3 is 0 Å². The minimum Gasteiger partial charge on any atom is -0.493 e. The number of anilines is 1. The van der Waals surface area contributed by atoms with Gasteiger partial charge in [0, 0.05) is 18.5 Å². The van der Waals surface area contributed by atoms with Gasteiger partial charge < -0.3 is 14.4 Å². The number of methoxy groups -OCH3 is 2. The molecule has 0 bridgehead atoms. The van der Waals surface area contributed by atoms with E-state index in [1.807, 2.05) is 36.4 Å². The largest absolute Gasteiger partial charge is 0.493 e. The Labute approximate surface area is 185 Å². The Hall–Kier alpha value is -3.88. The summed E-state index contributed by atoms with van der Waals surface area (Å²) in [7, 11) is 3.20. The third-order valence-corrected chi connectivity index (χ3v) is 5.56. The molecule has 1 aliphatic heterocycles. The number of aromatic amines is 1. The molecule has 9 heteroatoms.